The van der Waals surface area contributed by atoms with Crippen LogP contribution in [0.5, 0.6) is 0 Å². The summed E-state index contributed by atoms with van der Waals surface area (Å²) in [5, 5.41) is 2.89. The highest BCUT2D eigenvalue weighted by molar-refractivity contribution is 5.98. The van der Waals surface area contributed by atoms with Crippen molar-refractivity contribution in [3.05, 3.63) is 70.3 Å². The molecule has 0 aromatic heterocycles. The molecule has 0 unspecified atom stereocenters. The van der Waals surface area contributed by atoms with E-state index < -0.39 is 0 Å². The Morgan fingerprint density at radius 1 is 0.963 bits per heavy atom. The van der Waals surface area contributed by atoms with Gasteiger partial charge in [0.25, 0.3) is 0 Å². The Bertz CT molecular complexity index is 796. The fraction of sp³-hybridized carbons (Fsp3) is 0.391. The molecule has 0 spiro atoms. The summed E-state index contributed by atoms with van der Waals surface area (Å²) >= 11 is 0. The summed E-state index contributed by atoms with van der Waals surface area (Å²) in [6.45, 7) is 3.75. The minimum Gasteiger partial charge on any atom is -0.377 e. The molecule has 0 heterocycles. The van der Waals surface area contributed by atoms with Crippen molar-refractivity contribution < 1.29 is 14.3 Å². The van der Waals surface area contributed by atoms with Crippen LogP contribution in [0, 0.1) is 0 Å². The second kappa shape index (κ2) is 9.47. The average molecular weight is 365 g/mol. The van der Waals surface area contributed by atoms with E-state index in [0.717, 1.165) is 29.5 Å². The lowest BCUT2D eigenvalue weighted by Crippen LogP contribution is -2.23. The van der Waals surface area contributed by atoms with Crippen LogP contribution in [-0.4, -0.2) is 18.3 Å². The van der Waals surface area contributed by atoms with Crippen molar-refractivity contribution in [1.82, 2.24) is 5.32 Å². The highest BCUT2D eigenvalue weighted by Gasteiger charge is 2.14. The Hall–Kier alpha value is -2.46. The first-order valence-corrected chi connectivity index (χ1v) is 9.73. The summed E-state index contributed by atoms with van der Waals surface area (Å²) in [6, 6.07) is 14.0. The molecule has 0 fully saturated rings. The van der Waals surface area contributed by atoms with E-state index >= 15 is 0 Å². The summed E-state index contributed by atoms with van der Waals surface area (Å²) in [4.78, 5) is 24.4. The van der Waals surface area contributed by atoms with Gasteiger partial charge in [-0.15, -0.1) is 0 Å². The predicted molar refractivity (Wildman–Crippen MR) is 106 cm³/mol. The molecule has 1 aliphatic carbocycles. The van der Waals surface area contributed by atoms with Crippen LogP contribution >= 0.6 is 0 Å². The number of ether oxygens (including phenoxy) is 1. The number of carbonyl (C=O) groups is 2. The molecule has 0 saturated heterocycles. The number of nitrogens with one attached hydrogen (secondary N) is 1. The van der Waals surface area contributed by atoms with Gasteiger partial charge < -0.3 is 10.1 Å². The minimum absolute atomic E-state index is 0.0418. The molecule has 1 N–H and O–H groups in total. The molecule has 0 aliphatic heterocycles. The van der Waals surface area contributed by atoms with Crippen molar-refractivity contribution in [1.29, 1.82) is 0 Å². The maximum absolute atomic E-state index is 12.4. The largest absolute Gasteiger partial charge is 0.377 e. The van der Waals surface area contributed by atoms with Gasteiger partial charge in [0.15, 0.2) is 5.78 Å². The van der Waals surface area contributed by atoms with Crippen LogP contribution in [0.4, 0.5) is 0 Å². The molecule has 0 atom stereocenters. The van der Waals surface area contributed by atoms with E-state index in [1.54, 1.807) is 0 Å². The smallest absolute Gasteiger partial charge is 0.220 e. The highest BCUT2D eigenvalue weighted by Crippen LogP contribution is 2.23. The number of amides is 1. The Balaban J connectivity index is 1.42. The number of ketones is 1. The summed E-state index contributed by atoms with van der Waals surface area (Å²) in [5.41, 5.74) is 5.53. The van der Waals surface area contributed by atoms with E-state index in [9.17, 15) is 9.59 Å². The van der Waals surface area contributed by atoms with Gasteiger partial charge in [-0.1, -0.05) is 36.4 Å². The third-order valence-corrected chi connectivity index (χ3v) is 4.99. The SMILES string of the molecule is CCOCc1ccc(CNC(=O)CCC(=O)c2ccc3c(c2)CCC3)cc1. The van der Waals surface area contributed by atoms with Crippen LogP contribution in [0.15, 0.2) is 42.5 Å². The number of hydrogen-bond donors (Lipinski definition) is 1. The monoisotopic (exact) mass is 365 g/mol. The second-order valence-corrected chi connectivity index (χ2v) is 6.99. The summed E-state index contributed by atoms with van der Waals surface area (Å²) in [7, 11) is 0. The Kier molecular flexibility index (Phi) is 6.77. The maximum atomic E-state index is 12.4. The third kappa shape index (κ3) is 5.51. The zero-order chi connectivity index (χ0) is 19.1. The molecular weight excluding hydrogens is 338 g/mol. The van der Waals surface area contributed by atoms with E-state index in [1.165, 1.54) is 17.5 Å². The Morgan fingerprint density at radius 2 is 1.70 bits per heavy atom. The van der Waals surface area contributed by atoms with Gasteiger partial charge in [0.2, 0.25) is 5.91 Å². The quantitative estimate of drug-likeness (QED) is 0.684. The average Bonchev–Trinajstić information content (AvgIpc) is 3.17. The first kappa shape index (κ1) is 19.3. The molecule has 0 radical (unpaired) electrons. The lowest BCUT2D eigenvalue weighted by Gasteiger charge is -2.07. The van der Waals surface area contributed by atoms with Crippen molar-refractivity contribution in [2.45, 2.75) is 52.2 Å². The van der Waals surface area contributed by atoms with Gasteiger partial charge in [-0.3, -0.25) is 9.59 Å². The van der Waals surface area contributed by atoms with Gasteiger partial charge in [0.1, 0.15) is 0 Å². The maximum Gasteiger partial charge on any atom is 0.220 e. The molecule has 142 valence electrons. The van der Waals surface area contributed by atoms with E-state index in [0.29, 0.717) is 19.8 Å². The Morgan fingerprint density at radius 3 is 2.48 bits per heavy atom. The van der Waals surface area contributed by atoms with Gasteiger partial charge in [0.05, 0.1) is 6.61 Å². The molecule has 1 aliphatic rings. The molecule has 0 bridgehead atoms. The fourth-order valence-electron chi connectivity index (χ4n) is 3.38. The number of hydrogen-bond acceptors (Lipinski definition) is 3. The summed E-state index contributed by atoms with van der Waals surface area (Å²) in [6.07, 6.45) is 3.80. The highest BCUT2D eigenvalue weighted by atomic mass is 16.5. The normalized spacial score (nSPS) is 12.6. The minimum atomic E-state index is -0.0945. The number of benzene rings is 2. The van der Waals surface area contributed by atoms with Crippen LogP contribution in [0.2, 0.25) is 0 Å². The van der Waals surface area contributed by atoms with Crippen LogP contribution in [0.25, 0.3) is 0 Å². The van der Waals surface area contributed by atoms with Gasteiger partial charge >= 0.3 is 0 Å². The van der Waals surface area contributed by atoms with Crippen molar-refractivity contribution >= 4 is 11.7 Å². The van der Waals surface area contributed by atoms with E-state index in [2.05, 4.69) is 11.4 Å². The van der Waals surface area contributed by atoms with Crippen molar-refractivity contribution in [3.8, 4) is 0 Å². The Labute approximate surface area is 160 Å². The second-order valence-electron chi connectivity index (χ2n) is 6.99. The molecule has 3 rings (SSSR count). The molecule has 2 aromatic rings. The zero-order valence-electron chi connectivity index (χ0n) is 15.9. The van der Waals surface area contributed by atoms with Crippen molar-refractivity contribution in [2.75, 3.05) is 6.61 Å². The zero-order valence-corrected chi connectivity index (χ0v) is 15.9. The molecular formula is C23H27NO3. The van der Waals surface area contributed by atoms with Crippen molar-refractivity contribution in [2.24, 2.45) is 0 Å². The van der Waals surface area contributed by atoms with Gasteiger partial charge in [-0.25, -0.2) is 0 Å². The number of fused-ring (bicyclic) bond motifs is 1. The number of carbonyl (C=O) groups excluding carboxylic acids is 2. The lowest BCUT2D eigenvalue weighted by molar-refractivity contribution is -0.121. The van der Waals surface area contributed by atoms with Crippen molar-refractivity contribution in [3.63, 3.8) is 0 Å². The summed E-state index contributed by atoms with van der Waals surface area (Å²) in [5.74, 6) is -0.0528. The first-order chi connectivity index (χ1) is 13.2. The van der Waals surface area contributed by atoms with Gasteiger partial charge in [0, 0.05) is 31.6 Å². The fourth-order valence-corrected chi connectivity index (χ4v) is 3.38. The molecule has 27 heavy (non-hydrogen) atoms. The summed E-state index contributed by atoms with van der Waals surface area (Å²) < 4.78 is 5.37. The third-order valence-electron chi connectivity index (χ3n) is 4.99. The molecule has 1 amide bonds. The molecule has 4 nitrogen and oxygen atoms in total. The number of Topliss-reactive ketones (excluding diaryl/α,β-unsaturated/α-hetero) is 1. The van der Waals surface area contributed by atoms with Crippen LogP contribution in [0.3, 0.4) is 0 Å². The van der Waals surface area contributed by atoms with E-state index in [-0.39, 0.29) is 24.5 Å². The number of aryl methyl sites for hydroxylation is 2. The topological polar surface area (TPSA) is 55.4 Å². The molecule has 4 heteroatoms. The predicted octanol–water partition coefficient (Wildman–Crippen LogP) is 3.99. The van der Waals surface area contributed by atoms with Crippen LogP contribution in [0.1, 0.15) is 58.8 Å². The molecule has 0 saturated carbocycles. The standard InChI is InChI=1S/C23H27NO3/c1-2-27-16-18-8-6-17(7-9-18)15-24-23(26)13-12-22(25)21-11-10-19-4-3-5-20(19)14-21/h6-11,14H,2-5,12-13,15-16H2,1H3,(H,24,26). The van der Waals surface area contributed by atoms with Crippen LogP contribution < -0.4 is 5.32 Å². The molecule has 2 aromatic carbocycles. The number of rotatable bonds is 9. The van der Waals surface area contributed by atoms with Crippen LogP contribution in [-0.2, 0) is 35.5 Å². The van der Waals surface area contributed by atoms with Gasteiger partial charge in [-0.2, -0.15) is 0 Å². The van der Waals surface area contributed by atoms with E-state index in [4.69, 9.17) is 4.74 Å². The van der Waals surface area contributed by atoms with E-state index in [1.807, 2.05) is 43.3 Å². The first-order valence-electron chi connectivity index (χ1n) is 9.73. The van der Waals surface area contributed by atoms with Gasteiger partial charge in [-0.05, 0) is 54.5 Å². The lowest BCUT2D eigenvalue weighted by atomic mass is 10.0.